The van der Waals surface area contributed by atoms with E-state index >= 15 is 0 Å². The van der Waals surface area contributed by atoms with Gasteiger partial charge in [0.05, 0.1) is 12.1 Å². The van der Waals surface area contributed by atoms with E-state index in [1.54, 1.807) is 0 Å². The van der Waals surface area contributed by atoms with Gasteiger partial charge in [-0.05, 0) is 48.6 Å². The van der Waals surface area contributed by atoms with Gasteiger partial charge in [-0.3, -0.25) is 9.80 Å². The SMILES string of the molecule is Cc1ccc([C@@H](c2nnnn2C2CCCCC2)N2CCN(C3CCCCC3)CC2)cc1. The molecule has 1 atom stereocenters. The molecule has 2 heterocycles. The molecule has 0 bridgehead atoms. The van der Waals surface area contributed by atoms with E-state index < -0.39 is 0 Å². The predicted molar refractivity (Wildman–Crippen MR) is 123 cm³/mol. The average Bonchev–Trinajstić information content (AvgIpc) is 3.31. The molecule has 2 aliphatic carbocycles. The smallest absolute Gasteiger partial charge is 0.173 e. The van der Waals surface area contributed by atoms with Gasteiger partial charge >= 0.3 is 0 Å². The van der Waals surface area contributed by atoms with Crippen LogP contribution >= 0.6 is 0 Å². The van der Waals surface area contributed by atoms with Crippen LogP contribution in [0.5, 0.6) is 0 Å². The third-order valence-electron chi connectivity index (χ3n) is 7.88. The first kappa shape index (κ1) is 21.1. The van der Waals surface area contributed by atoms with Crippen LogP contribution in [0, 0.1) is 6.92 Å². The summed E-state index contributed by atoms with van der Waals surface area (Å²) in [4.78, 5) is 5.39. The molecule has 31 heavy (non-hydrogen) atoms. The molecule has 0 amide bonds. The number of hydrogen-bond donors (Lipinski definition) is 0. The van der Waals surface area contributed by atoms with Gasteiger partial charge in [-0.15, -0.1) is 5.10 Å². The van der Waals surface area contributed by atoms with Crippen molar-refractivity contribution in [1.82, 2.24) is 30.0 Å². The summed E-state index contributed by atoms with van der Waals surface area (Å²) in [5.41, 5.74) is 2.63. The van der Waals surface area contributed by atoms with Crippen LogP contribution in [0.25, 0.3) is 0 Å². The molecule has 1 aromatic carbocycles. The molecule has 0 N–H and O–H groups in total. The summed E-state index contributed by atoms with van der Waals surface area (Å²) >= 11 is 0. The quantitative estimate of drug-likeness (QED) is 0.709. The van der Waals surface area contributed by atoms with E-state index in [1.807, 2.05) is 0 Å². The Morgan fingerprint density at radius 1 is 0.774 bits per heavy atom. The van der Waals surface area contributed by atoms with Gasteiger partial charge in [-0.1, -0.05) is 68.4 Å². The minimum absolute atomic E-state index is 0.144. The van der Waals surface area contributed by atoms with Crippen molar-refractivity contribution in [3.8, 4) is 0 Å². The second-order valence-corrected chi connectivity index (χ2v) is 9.95. The highest BCUT2D eigenvalue weighted by Gasteiger charge is 2.34. The van der Waals surface area contributed by atoms with Crippen molar-refractivity contribution in [3.05, 3.63) is 41.2 Å². The number of benzene rings is 1. The highest BCUT2D eigenvalue weighted by molar-refractivity contribution is 5.28. The monoisotopic (exact) mass is 422 g/mol. The first-order valence-electron chi connectivity index (χ1n) is 12.6. The Hall–Kier alpha value is -1.79. The van der Waals surface area contributed by atoms with Gasteiger partial charge in [0.15, 0.2) is 5.82 Å². The number of aromatic nitrogens is 4. The first-order valence-corrected chi connectivity index (χ1v) is 12.6. The van der Waals surface area contributed by atoms with Crippen LogP contribution in [0.2, 0.25) is 0 Å². The van der Waals surface area contributed by atoms with E-state index in [9.17, 15) is 0 Å². The fourth-order valence-electron chi connectivity index (χ4n) is 6.05. The lowest BCUT2D eigenvalue weighted by atomic mass is 9.93. The molecule has 0 radical (unpaired) electrons. The van der Waals surface area contributed by atoms with Gasteiger partial charge in [0.1, 0.15) is 0 Å². The second-order valence-electron chi connectivity index (χ2n) is 9.95. The van der Waals surface area contributed by atoms with E-state index in [-0.39, 0.29) is 6.04 Å². The molecule has 2 saturated carbocycles. The van der Waals surface area contributed by atoms with Crippen LogP contribution in [-0.2, 0) is 0 Å². The lowest BCUT2D eigenvalue weighted by molar-refractivity contribution is 0.0612. The predicted octanol–water partition coefficient (Wildman–Crippen LogP) is 4.53. The van der Waals surface area contributed by atoms with E-state index in [1.165, 1.54) is 75.3 Å². The third kappa shape index (κ3) is 4.70. The summed E-state index contributed by atoms with van der Waals surface area (Å²) in [6.45, 7) is 6.67. The zero-order valence-corrected chi connectivity index (χ0v) is 19.1. The maximum Gasteiger partial charge on any atom is 0.173 e. The number of piperazine rings is 1. The number of rotatable bonds is 5. The summed E-state index contributed by atoms with van der Waals surface area (Å²) < 4.78 is 2.18. The van der Waals surface area contributed by atoms with Gasteiger partial charge in [-0.25, -0.2) is 4.68 Å². The summed E-state index contributed by atoms with van der Waals surface area (Å²) in [5.74, 6) is 1.04. The summed E-state index contributed by atoms with van der Waals surface area (Å²) in [6, 6.07) is 10.4. The number of nitrogens with zero attached hydrogens (tertiary/aromatic N) is 6. The largest absolute Gasteiger partial charge is 0.298 e. The average molecular weight is 423 g/mol. The molecule has 1 aromatic heterocycles. The van der Waals surface area contributed by atoms with Crippen LogP contribution in [0.4, 0.5) is 0 Å². The van der Waals surface area contributed by atoms with Gasteiger partial charge in [0.25, 0.3) is 0 Å². The summed E-state index contributed by atoms with van der Waals surface area (Å²) in [6.07, 6.45) is 13.4. The number of hydrogen-bond acceptors (Lipinski definition) is 5. The number of tetrazole rings is 1. The molecular weight excluding hydrogens is 384 g/mol. The molecule has 1 saturated heterocycles. The van der Waals surface area contributed by atoms with Crippen molar-refractivity contribution >= 4 is 0 Å². The fourth-order valence-corrected chi connectivity index (χ4v) is 6.05. The van der Waals surface area contributed by atoms with Crippen molar-refractivity contribution in [2.75, 3.05) is 26.2 Å². The molecule has 5 rings (SSSR count). The van der Waals surface area contributed by atoms with E-state index in [0.717, 1.165) is 38.0 Å². The van der Waals surface area contributed by atoms with Gasteiger partial charge < -0.3 is 0 Å². The summed E-state index contributed by atoms with van der Waals surface area (Å²) in [5, 5.41) is 13.3. The minimum Gasteiger partial charge on any atom is -0.298 e. The standard InChI is InChI=1S/C25H38N6/c1-20-12-14-21(15-13-20)24(25-26-27-28-31(25)23-10-6-3-7-11-23)30-18-16-29(17-19-30)22-8-4-2-5-9-22/h12-15,22-24H,2-11,16-19H2,1H3/t24-/m0/s1. The van der Waals surface area contributed by atoms with Crippen molar-refractivity contribution in [1.29, 1.82) is 0 Å². The Morgan fingerprint density at radius 2 is 1.39 bits per heavy atom. The molecule has 0 unspecified atom stereocenters. The fraction of sp³-hybridized carbons (Fsp3) is 0.720. The Labute approximate surface area is 187 Å². The molecular formula is C25H38N6. The third-order valence-corrected chi connectivity index (χ3v) is 7.88. The second kappa shape index (κ2) is 9.78. The zero-order valence-electron chi connectivity index (χ0n) is 19.1. The maximum absolute atomic E-state index is 4.62. The molecule has 3 aliphatic rings. The van der Waals surface area contributed by atoms with E-state index in [4.69, 9.17) is 0 Å². The maximum atomic E-state index is 4.62. The highest BCUT2D eigenvalue weighted by Crippen LogP contribution is 2.34. The van der Waals surface area contributed by atoms with E-state index in [2.05, 4.69) is 61.2 Å². The Bertz CT molecular complexity index is 811. The summed E-state index contributed by atoms with van der Waals surface area (Å²) in [7, 11) is 0. The van der Waals surface area contributed by atoms with Crippen molar-refractivity contribution in [2.45, 2.75) is 89.3 Å². The zero-order chi connectivity index (χ0) is 21.0. The highest BCUT2D eigenvalue weighted by atomic mass is 15.6. The van der Waals surface area contributed by atoms with Crippen molar-refractivity contribution in [3.63, 3.8) is 0 Å². The Morgan fingerprint density at radius 3 is 2.03 bits per heavy atom. The Kier molecular flexibility index (Phi) is 6.65. The van der Waals surface area contributed by atoms with Crippen LogP contribution in [-0.4, -0.2) is 62.2 Å². The normalized spacial score (nSPS) is 23.8. The first-order chi connectivity index (χ1) is 15.3. The molecule has 2 aromatic rings. The van der Waals surface area contributed by atoms with E-state index in [0.29, 0.717) is 6.04 Å². The molecule has 1 aliphatic heterocycles. The lowest BCUT2D eigenvalue weighted by Gasteiger charge is -2.43. The molecule has 6 heteroatoms. The topological polar surface area (TPSA) is 50.1 Å². The molecule has 3 fully saturated rings. The minimum atomic E-state index is 0.144. The number of aryl methyl sites for hydroxylation is 1. The van der Waals surface area contributed by atoms with Crippen molar-refractivity contribution in [2.24, 2.45) is 0 Å². The van der Waals surface area contributed by atoms with Gasteiger partial charge in [0, 0.05) is 32.2 Å². The van der Waals surface area contributed by atoms with Crippen molar-refractivity contribution < 1.29 is 0 Å². The van der Waals surface area contributed by atoms with Crippen LogP contribution < -0.4 is 0 Å². The van der Waals surface area contributed by atoms with Gasteiger partial charge in [0.2, 0.25) is 0 Å². The van der Waals surface area contributed by atoms with Crippen LogP contribution in [0.1, 0.15) is 93.2 Å². The molecule has 168 valence electrons. The molecule has 6 nitrogen and oxygen atoms in total. The molecule has 0 spiro atoms. The Balaban J connectivity index is 1.39. The lowest BCUT2D eigenvalue weighted by Crippen LogP contribution is -2.52. The van der Waals surface area contributed by atoms with Gasteiger partial charge in [-0.2, -0.15) is 0 Å². The van der Waals surface area contributed by atoms with Crippen LogP contribution in [0.3, 0.4) is 0 Å². The van der Waals surface area contributed by atoms with Crippen LogP contribution in [0.15, 0.2) is 24.3 Å².